The molecule has 1 aliphatic carbocycles. The van der Waals surface area contributed by atoms with Gasteiger partial charge in [-0.2, -0.15) is 0 Å². The normalized spacial score (nSPS) is 20.1. The number of nitrogens with one attached hydrogen (secondary N) is 1. The Kier molecular flexibility index (Phi) is 5.00. The monoisotopic (exact) mass is 385 g/mol. The molecular formula is C19H21N4O3S+. The number of carbonyl (C=O) groups is 1. The highest BCUT2D eigenvalue weighted by molar-refractivity contribution is 7.11. The third kappa shape index (κ3) is 4.06. The van der Waals surface area contributed by atoms with Crippen LogP contribution in [0.4, 0.5) is 0 Å². The van der Waals surface area contributed by atoms with E-state index in [4.69, 9.17) is 9.63 Å². The molecule has 2 heterocycles. The molecule has 4 rings (SSSR count). The van der Waals surface area contributed by atoms with Crippen molar-refractivity contribution in [1.82, 2.24) is 20.7 Å². The summed E-state index contributed by atoms with van der Waals surface area (Å²) in [5.41, 5.74) is 1.57. The van der Waals surface area contributed by atoms with Crippen molar-refractivity contribution in [3.63, 3.8) is 0 Å². The zero-order valence-corrected chi connectivity index (χ0v) is 15.7. The van der Waals surface area contributed by atoms with E-state index in [-0.39, 0.29) is 23.8 Å². The summed E-state index contributed by atoms with van der Waals surface area (Å²) in [7, 11) is 0. The largest absolute Gasteiger partial charge is 0.438 e. The average molecular weight is 385 g/mol. The van der Waals surface area contributed by atoms with Gasteiger partial charge in [-0.1, -0.05) is 46.8 Å². The summed E-state index contributed by atoms with van der Waals surface area (Å²) in [6.07, 6.45) is 2.36. The van der Waals surface area contributed by atoms with E-state index < -0.39 is 0 Å². The second kappa shape index (κ2) is 7.58. The summed E-state index contributed by atoms with van der Waals surface area (Å²) in [6, 6.07) is 11.4. The standard InChI is InChI=1S/C19H20N4O3S/c1-11(24)19-22-21-17(27-19)9-12-7-14(8-12)20-18(25)16-10-15(23-26-16)13-5-3-2-4-6-13/h2-6,10-12,14,24H,7-9H2,1H3,(H,20,25)/p+1/t11-,12?,14?/m1/s1. The Morgan fingerprint density at radius 1 is 1.33 bits per heavy atom. The van der Waals surface area contributed by atoms with Crippen LogP contribution in [0.25, 0.3) is 11.3 Å². The lowest BCUT2D eigenvalue weighted by atomic mass is 9.78. The first-order valence-electron chi connectivity index (χ1n) is 8.95. The van der Waals surface area contributed by atoms with Gasteiger partial charge < -0.3 is 14.9 Å². The lowest BCUT2D eigenvalue weighted by Crippen LogP contribution is -2.44. The Hall–Kier alpha value is -2.58. The molecule has 1 aliphatic rings. The van der Waals surface area contributed by atoms with Crippen LogP contribution in [-0.2, 0) is 6.42 Å². The van der Waals surface area contributed by atoms with Gasteiger partial charge in [0, 0.05) is 31.0 Å². The second-order valence-corrected chi connectivity index (χ2v) is 8.00. The first kappa shape index (κ1) is 17.8. The van der Waals surface area contributed by atoms with Gasteiger partial charge in [0.05, 0.1) is 0 Å². The molecule has 27 heavy (non-hydrogen) atoms. The summed E-state index contributed by atoms with van der Waals surface area (Å²) in [5, 5.41) is 24.6. The molecule has 0 saturated heterocycles. The van der Waals surface area contributed by atoms with E-state index in [9.17, 15) is 4.79 Å². The van der Waals surface area contributed by atoms with Crippen LogP contribution in [0.2, 0.25) is 0 Å². The summed E-state index contributed by atoms with van der Waals surface area (Å²) >= 11 is 1.51. The van der Waals surface area contributed by atoms with Crippen LogP contribution in [0, 0.1) is 5.92 Å². The molecule has 1 atom stereocenters. The third-order valence-corrected chi connectivity index (χ3v) is 5.82. The molecule has 0 bridgehead atoms. The summed E-state index contributed by atoms with van der Waals surface area (Å²) in [5.74, 6) is 0.497. The maximum Gasteiger partial charge on any atom is 0.290 e. The molecule has 3 aromatic rings. The van der Waals surface area contributed by atoms with Gasteiger partial charge in [0.15, 0.2) is 5.01 Å². The molecule has 2 aromatic heterocycles. The molecule has 0 radical (unpaired) electrons. The molecule has 0 aliphatic heterocycles. The van der Waals surface area contributed by atoms with Gasteiger partial charge in [-0.25, -0.2) is 0 Å². The number of hydrogen-bond donors (Lipinski definition) is 1. The molecule has 0 spiro atoms. The first-order valence-corrected chi connectivity index (χ1v) is 9.76. The zero-order chi connectivity index (χ0) is 18.8. The fourth-order valence-corrected chi connectivity index (χ4v) is 4.08. The van der Waals surface area contributed by atoms with Crippen molar-refractivity contribution in [2.45, 2.75) is 38.3 Å². The van der Waals surface area contributed by atoms with Gasteiger partial charge in [0.1, 0.15) is 10.7 Å². The Morgan fingerprint density at radius 2 is 2.11 bits per heavy atom. The number of amides is 1. The number of rotatable bonds is 6. The fraction of sp³-hybridized carbons (Fsp3) is 0.368. The minimum atomic E-state index is -0.327. The van der Waals surface area contributed by atoms with Crippen LogP contribution in [0.1, 0.15) is 46.4 Å². The Balaban J connectivity index is 1.27. The van der Waals surface area contributed by atoms with E-state index in [0.717, 1.165) is 34.8 Å². The predicted octanol–water partition coefficient (Wildman–Crippen LogP) is 2.73. The van der Waals surface area contributed by atoms with Gasteiger partial charge in [-0.05, 0) is 18.8 Å². The average Bonchev–Trinajstić information content (AvgIpc) is 3.30. The van der Waals surface area contributed by atoms with Gasteiger partial charge in [0.2, 0.25) is 11.9 Å². The molecule has 3 N–H and O–H groups in total. The summed E-state index contributed by atoms with van der Waals surface area (Å²) in [4.78, 5) is 12.3. The van der Waals surface area contributed by atoms with Crippen molar-refractivity contribution in [2.24, 2.45) is 5.92 Å². The van der Waals surface area contributed by atoms with Crippen LogP contribution >= 0.6 is 11.3 Å². The molecule has 1 fully saturated rings. The minimum Gasteiger partial charge on any atom is -0.438 e. The highest BCUT2D eigenvalue weighted by Gasteiger charge is 2.32. The smallest absolute Gasteiger partial charge is 0.290 e. The fourth-order valence-electron chi connectivity index (χ4n) is 3.17. The Bertz CT molecular complexity index is 916. The van der Waals surface area contributed by atoms with Crippen molar-refractivity contribution in [3.8, 4) is 11.3 Å². The van der Waals surface area contributed by atoms with Crippen molar-refractivity contribution in [1.29, 1.82) is 0 Å². The molecule has 0 unspecified atom stereocenters. The van der Waals surface area contributed by atoms with Crippen molar-refractivity contribution in [3.05, 3.63) is 52.2 Å². The van der Waals surface area contributed by atoms with Crippen molar-refractivity contribution < 1.29 is 14.4 Å². The molecule has 1 aromatic carbocycles. The van der Waals surface area contributed by atoms with E-state index >= 15 is 0 Å². The summed E-state index contributed by atoms with van der Waals surface area (Å²) < 4.78 is 5.20. The lowest BCUT2D eigenvalue weighted by molar-refractivity contribution is 0.0852. The topological polar surface area (TPSA) is 104 Å². The third-order valence-electron chi connectivity index (χ3n) is 4.69. The van der Waals surface area contributed by atoms with Crippen molar-refractivity contribution >= 4 is 17.2 Å². The van der Waals surface area contributed by atoms with Crippen molar-refractivity contribution in [2.75, 3.05) is 0 Å². The maximum absolute atomic E-state index is 12.3. The summed E-state index contributed by atoms with van der Waals surface area (Å²) in [6.45, 7) is 1.80. The van der Waals surface area contributed by atoms with Gasteiger partial charge in [-0.3, -0.25) is 4.79 Å². The quantitative estimate of drug-likeness (QED) is 0.657. The number of carbonyl (C=O) groups excluding carboxylic acids is 1. The van der Waals surface area contributed by atoms with E-state index in [0.29, 0.717) is 11.6 Å². The van der Waals surface area contributed by atoms with E-state index in [1.807, 2.05) is 30.3 Å². The highest BCUT2D eigenvalue weighted by atomic mass is 32.1. The number of nitrogens with zero attached hydrogens (tertiary/aromatic N) is 3. The van der Waals surface area contributed by atoms with Gasteiger partial charge >= 0.3 is 0 Å². The second-order valence-electron chi connectivity index (χ2n) is 6.91. The maximum atomic E-state index is 12.3. The number of hydrogen-bond acceptors (Lipinski definition) is 6. The SMILES string of the molecule is C[C@@H]([OH2+])c1nnc(CC2CC(NC(=O)c3cc(-c4ccccc4)no3)C2)s1. The lowest BCUT2D eigenvalue weighted by Gasteiger charge is -2.35. The van der Waals surface area contributed by atoms with E-state index in [1.165, 1.54) is 11.3 Å². The van der Waals surface area contributed by atoms with Crippen LogP contribution in [-0.4, -0.2) is 32.4 Å². The van der Waals surface area contributed by atoms with E-state index in [1.54, 1.807) is 13.0 Å². The first-order chi connectivity index (χ1) is 13.1. The minimum absolute atomic E-state index is 0.148. The zero-order valence-electron chi connectivity index (χ0n) is 14.9. The van der Waals surface area contributed by atoms with Gasteiger partial charge in [-0.15, -0.1) is 10.2 Å². The molecule has 140 valence electrons. The molecular weight excluding hydrogens is 364 g/mol. The van der Waals surface area contributed by atoms with E-state index in [2.05, 4.69) is 20.7 Å². The van der Waals surface area contributed by atoms with Crippen LogP contribution < -0.4 is 5.32 Å². The van der Waals surface area contributed by atoms with Crippen LogP contribution in [0.15, 0.2) is 40.9 Å². The predicted molar refractivity (Wildman–Crippen MR) is 102 cm³/mol. The Labute approximate surface area is 160 Å². The number of aromatic nitrogens is 3. The molecule has 7 nitrogen and oxygen atoms in total. The molecule has 8 heteroatoms. The Morgan fingerprint density at radius 3 is 2.81 bits per heavy atom. The van der Waals surface area contributed by atoms with Crippen LogP contribution in [0.5, 0.6) is 0 Å². The molecule has 1 saturated carbocycles. The van der Waals surface area contributed by atoms with Crippen LogP contribution in [0.3, 0.4) is 0 Å². The van der Waals surface area contributed by atoms with Gasteiger partial charge in [0.25, 0.3) is 5.91 Å². The molecule has 1 amide bonds. The highest BCUT2D eigenvalue weighted by Crippen LogP contribution is 2.32. The number of benzene rings is 1.